The molecular formula is C19H24N2O4S. The largest absolute Gasteiger partial charge is 0.497 e. The van der Waals surface area contributed by atoms with E-state index in [0.29, 0.717) is 17.8 Å². The molecule has 0 aromatic heterocycles. The number of methoxy groups -OCH3 is 1. The van der Waals surface area contributed by atoms with Crippen LogP contribution in [0.25, 0.3) is 0 Å². The lowest BCUT2D eigenvalue weighted by Crippen LogP contribution is -2.27. The molecule has 26 heavy (non-hydrogen) atoms. The van der Waals surface area contributed by atoms with Crippen LogP contribution in [-0.4, -0.2) is 41.3 Å². The van der Waals surface area contributed by atoms with Crippen LogP contribution in [0.15, 0.2) is 48.5 Å². The van der Waals surface area contributed by atoms with Crippen molar-refractivity contribution in [3.05, 3.63) is 59.7 Å². The number of aryl methyl sites for hydroxylation is 1. The van der Waals surface area contributed by atoms with E-state index < -0.39 is 10.0 Å². The molecule has 0 unspecified atom stereocenters. The van der Waals surface area contributed by atoms with E-state index in [1.54, 1.807) is 31.4 Å². The minimum Gasteiger partial charge on any atom is -0.497 e. The first kappa shape index (κ1) is 19.8. The Balaban J connectivity index is 1.87. The van der Waals surface area contributed by atoms with Gasteiger partial charge in [0.2, 0.25) is 10.0 Å². The number of rotatable bonds is 8. The highest BCUT2D eigenvalue weighted by molar-refractivity contribution is 7.92. The second-order valence-electron chi connectivity index (χ2n) is 5.99. The molecule has 2 rings (SSSR count). The molecule has 1 amide bonds. The second kappa shape index (κ2) is 8.71. The average Bonchev–Trinajstić information content (AvgIpc) is 2.64. The lowest BCUT2D eigenvalue weighted by molar-refractivity contribution is 0.0953. The molecular weight excluding hydrogens is 352 g/mol. The van der Waals surface area contributed by atoms with Gasteiger partial charge in [-0.05, 0) is 48.7 Å². The summed E-state index contributed by atoms with van der Waals surface area (Å²) in [5.41, 5.74) is 2.07. The Morgan fingerprint density at radius 2 is 1.85 bits per heavy atom. The van der Waals surface area contributed by atoms with Crippen molar-refractivity contribution in [2.75, 3.05) is 31.3 Å². The van der Waals surface area contributed by atoms with E-state index in [4.69, 9.17) is 4.74 Å². The van der Waals surface area contributed by atoms with Crippen molar-refractivity contribution < 1.29 is 17.9 Å². The fourth-order valence-electron chi connectivity index (χ4n) is 2.42. The topological polar surface area (TPSA) is 75.7 Å². The standard InChI is InChI=1S/C19H24N2O4S/c1-21(26(3,23)24)17-8-4-7-16(14-17)19(22)20-13-5-6-15-9-11-18(25-2)12-10-15/h4,7-12,14H,5-6,13H2,1-3H3,(H,20,22). The highest BCUT2D eigenvalue weighted by Gasteiger charge is 2.14. The number of benzene rings is 2. The quantitative estimate of drug-likeness (QED) is 0.718. The van der Waals surface area contributed by atoms with Crippen molar-refractivity contribution in [1.29, 1.82) is 0 Å². The van der Waals surface area contributed by atoms with Gasteiger partial charge in [-0.1, -0.05) is 18.2 Å². The Morgan fingerprint density at radius 3 is 2.46 bits per heavy atom. The molecule has 0 bridgehead atoms. The van der Waals surface area contributed by atoms with Crippen LogP contribution in [-0.2, 0) is 16.4 Å². The Bertz CT molecular complexity index is 848. The molecule has 7 heteroatoms. The third-order valence-corrected chi connectivity index (χ3v) is 5.26. The summed E-state index contributed by atoms with van der Waals surface area (Å²) in [5.74, 6) is 0.601. The summed E-state index contributed by atoms with van der Waals surface area (Å²) >= 11 is 0. The van der Waals surface area contributed by atoms with Gasteiger partial charge in [0.15, 0.2) is 0 Å². The van der Waals surface area contributed by atoms with Crippen molar-refractivity contribution in [2.24, 2.45) is 0 Å². The molecule has 2 aromatic rings. The zero-order valence-electron chi connectivity index (χ0n) is 15.2. The summed E-state index contributed by atoms with van der Waals surface area (Å²) in [7, 11) is -0.271. The normalized spacial score (nSPS) is 11.0. The molecule has 6 nitrogen and oxygen atoms in total. The van der Waals surface area contributed by atoms with Gasteiger partial charge in [-0.25, -0.2) is 8.42 Å². The Labute approximate surface area is 154 Å². The summed E-state index contributed by atoms with van der Waals surface area (Å²) in [6, 6.07) is 14.4. The van der Waals surface area contributed by atoms with Crippen molar-refractivity contribution in [1.82, 2.24) is 5.32 Å². The molecule has 0 fully saturated rings. The SMILES string of the molecule is COc1ccc(CCCNC(=O)c2cccc(N(C)S(C)(=O)=O)c2)cc1. The van der Waals surface area contributed by atoms with E-state index in [-0.39, 0.29) is 5.91 Å². The van der Waals surface area contributed by atoms with Gasteiger partial charge in [-0.15, -0.1) is 0 Å². The molecule has 0 heterocycles. The summed E-state index contributed by atoms with van der Waals surface area (Å²) in [5, 5.41) is 2.87. The molecule has 0 spiro atoms. The van der Waals surface area contributed by atoms with Crippen molar-refractivity contribution >= 4 is 21.6 Å². The number of nitrogens with one attached hydrogen (secondary N) is 1. The first-order valence-corrected chi connectivity index (χ1v) is 10.1. The summed E-state index contributed by atoms with van der Waals surface area (Å²) < 4.78 is 29.5. The van der Waals surface area contributed by atoms with E-state index in [0.717, 1.165) is 29.2 Å². The fraction of sp³-hybridized carbons (Fsp3) is 0.316. The van der Waals surface area contributed by atoms with Crippen LogP contribution in [0, 0.1) is 0 Å². The molecule has 0 aliphatic heterocycles. The molecule has 0 saturated heterocycles. The van der Waals surface area contributed by atoms with Gasteiger partial charge >= 0.3 is 0 Å². The Hall–Kier alpha value is -2.54. The van der Waals surface area contributed by atoms with Gasteiger partial charge in [0.25, 0.3) is 5.91 Å². The predicted molar refractivity (Wildman–Crippen MR) is 103 cm³/mol. The van der Waals surface area contributed by atoms with Crippen LogP contribution in [0.1, 0.15) is 22.3 Å². The van der Waals surface area contributed by atoms with E-state index >= 15 is 0 Å². The van der Waals surface area contributed by atoms with Gasteiger partial charge in [0.05, 0.1) is 19.1 Å². The lowest BCUT2D eigenvalue weighted by atomic mass is 10.1. The van der Waals surface area contributed by atoms with Crippen LogP contribution in [0.3, 0.4) is 0 Å². The van der Waals surface area contributed by atoms with Crippen LogP contribution in [0.5, 0.6) is 5.75 Å². The van der Waals surface area contributed by atoms with Crippen LogP contribution in [0.4, 0.5) is 5.69 Å². The maximum atomic E-state index is 12.3. The third-order valence-electron chi connectivity index (χ3n) is 4.06. The first-order chi connectivity index (χ1) is 12.3. The summed E-state index contributed by atoms with van der Waals surface area (Å²) in [6.07, 6.45) is 2.78. The number of ether oxygens (including phenoxy) is 1. The summed E-state index contributed by atoms with van der Waals surface area (Å²) in [4.78, 5) is 12.3. The Kier molecular flexibility index (Phi) is 6.63. The monoisotopic (exact) mass is 376 g/mol. The van der Waals surface area contributed by atoms with E-state index in [9.17, 15) is 13.2 Å². The van der Waals surface area contributed by atoms with Crippen molar-refractivity contribution in [3.63, 3.8) is 0 Å². The third kappa shape index (κ3) is 5.49. The fourth-order valence-corrected chi connectivity index (χ4v) is 2.92. The molecule has 0 saturated carbocycles. The number of carbonyl (C=O) groups is 1. The molecule has 0 aliphatic carbocycles. The minimum atomic E-state index is -3.36. The van der Waals surface area contributed by atoms with Crippen LogP contribution in [0.2, 0.25) is 0 Å². The molecule has 0 atom stereocenters. The molecule has 140 valence electrons. The second-order valence-corrected chi connectivity index (χ2v) is 8.00. The van der Waals surface area contributed by atoms with Gasteiger partial charge in [-0.3, -0.25) is 9.10 Å². The number of hydrogen-bond acceptors (Lipinski definition) is 4. The van der Waals surface area contributed by atoms with E-state index in [1.807, 2.05) is 24.3 Å². The zero-order chi connectivity index (χ0) is 19.2. The molecule has 0 aliphatic rings. The molecule has 0 radical (unpaired) electrons. The number of sulfonamides is 1. The van der Waals surface area contributed by atoms with Crippen LogP contribution < -0.4 is 14.4 Å². The van der Waals surface area contributed by atoms with Crippen LogP contribution >= 0.6 is 0 Å². The summed E-state index contributed by atoms with van der Waals surface area (Å²) in [6.45, 7) is 0.539. The number of carbonyl (C=O) groups excluding carboxylic acids is 1. The number of amides is 1. The van der Waals surface area contributed by atoms with Gasteiger partial charge in [-0.2, -0.15) is 0 Å². The van der Waals surface area contributed by atoms with Crippen molar-refractivity contribution in [2.45, 2.75) is 12.8 Å². The smallest absolute Gasteiger partial charge is 0.251 e. The van der Waals surface area contributed by atoms with Crippen molar-refractivity contribution in [3.8, 4) is 5.75 Å². The van der Waals surface area contributed by atoms with Gasteiger partial charge < -0.3 is 10.1 Å². The maximum Gasteiger partial charge on any atom is 0.251 e. The molecule has 2 aromatic carbocycles. The first-order valence-electron chi connectivity index (χ1n) is 8.26. The van der Waals surface area contributed by atoms with Gasteiger partial charge in [0, 0.05) is 19.2 Å². The Morgan fingerprint density at radius 1 is 1.15 bits per heavy atom. The number of anilines is 1. The van der Waals surface area contributed by atoms with E-state index in [1.165, 1.54) is 12.6 Å². The zero-order valence-corrected chi connectivity index (χ0v) is 16.0. The highest BCUT2D eigenvalue weighted by Crippen LogP contribution is 2.17. The predicted octanol–water partition coefficient (Wildman–Crippen LogP) is 2.45. The molecule has 1 N–H and O–H groups in total. The average molecular weight is 376 g/mol. The minimum absolute atomic E-state index is 0.219. The van der Waals surface area contributed by atoms with E-state index in [2.05, 4.69) is 5.32 Å². The number of nitrogens with zero attached hydrogens (tertiary/aromatic N) is 1. The highest BCUT2D eigenvalue weighted by atomic mass is 32.2. The lowest BCUT2D eigenvalue weighted by Gasteiger charge is -2.17. The number of hydrogen-bond donors (Lipinski definition) is 1. The maximum absolute atomic E-state index is 12.3. The van der Waals surface area contributed by atoms with Gasteiger partial charge in [0.1, 0.15) is 5.75 Å².